The van der Waals surface area contributed by atoms with Gasteiger partial charge in [-0.15, -0.1) is 11.8 Å². The van der Waals surface area contributed by atoms with Crippen LogP contribution in [0.2, 0.25) is 0 Å². The van der Waals surface area contributed by atoms with Gasteiger partial charge < -0.3 is 14.8 Å². The summed E-state index contributed by atoms with van der Waals surface area (Å²) in [6.45, 7) is 5.81. The Morgan fingerprint density at radius 2 is 1.60 bits per heavy atom. The maximum absolute atomic E-state index is 12.4. The Hall–Kier alpha value is -2.23. The molecule has 0 radical (unpaired) electrons. The van der Waals surface area contributed by atoms with Gasteiger partial charge in [0.2, 0.25) is 15.9 Å². The molecule has 0 fully saturated rings. The maximum atomic E-state index is 12.4. The number of methoxy groups -OCH3 is 1. The van der Waals surface area contributed by atoms with E-state index in [1.54, 1.807) is 33.1 Å². The Labute approximate surface area is 182 Å². The molecule has 0 saturated heterocycles. The number of anilines is 1. The van der Waals surface area contributed by atoms with Crippen LogP contribution in [-0.4, -0.2) is 45.1 Å². The number of ether oxygens (including phenoxy) is 2. The molecule has 0 aliphatic carbocycles. The highest BCUT2D eigenvalue weighted by Crippen LogP contribution is 2.19. The summed E-state index contributed by atoms with van der Waals surface area (Å²) >= 11 is 1.48. The van der Waals surface area contributed by atoms with Crippen LogP contribution >= 0.6 is 11.8 Å². The van der Waals surface area contributed by atoms with Crippen molar-refractivity contribution in [3.05, 3.63) is 48.5 Å². The van der Waals surface area contributed by atoms with Crippen LogP contribution in [0.25, 0.3) is 0 Å². The van der Waals surface area contributed by atoms with E-state index >= 15 is 0 Å². The van der Waals surface area contributed by atoms with Crippen molar-refractivity contribution in [2.45, 2.75) is 37.0 Å². The molecule has 0 aliphatic heterocycles. The monoisotopic (exact) mass is 452 g/mol. The predicted octanol–water partition coefficient (Wildman–Crippen LogP) is 3.52. The van der Waals surface area contributed by atoms with Gasteiger partial charge in [0.25, 0.3) is 0 Å². The van der Waals surface area contributed by atoms with E-state index in [9.17, 15) is 13.2 Å². The van der Waals surface area contributed by atoms with Gasteiger partial charge >= 0.3 is 0 Å². The Kier molecular flexibility index (Phi) is 9.01. The summed E-state index contributed by atoms with van der Waals surface area (Å²) in [4.78, 5) is 12.5. The first kappa shape index (κ1) is 24.0. The van der Waals surface area contributed by atoms with E-state index in [0.29, 0.717) is 18.0 Å². The van der Waals surface area contributed by atoms with Gasteiger partial charge in [0, 0.05) is 17.5 Å². The van der Waals surface area contributed by atoms with Crippen LogP contribution in [0.5, 0.6) is 11.5 Å². The van der Waals surface area contributed by atoms with Crippen molar-refractivity contribution >= 4 is 33.4 Å². The second-order valence-corrected chi connectivity index (χ2v) is 9.99. The highest BCUT2D eigenvalue weighted by molar-refractivity contribution is 8.00. The lowest BCUT2D eigenvalue weighted by Crippen LogP contribution is -2.30. The van der Waals surface area contributed by atoms with Crippen molar-refractivity contribution in [1.82, 2.24) is 4.72 Å². The van der Waals surface area contributed by atoms with E-state index < -0.39 is 10.0 Å². The second kappa shape index (κ2) is 11.2. The molecule has 0 aromatic heterocycles. The number of carbonyl (C=O) groups excluding carboxylic acids is 1. The SMILES string of the molecule is COc1ccc(OCCSC(C)C(=O)Nc2ccc(S(=O)(=O)NC(C)C)cc2)cc1. The van der Waals surface area contributed by atoms with Crippen LogP contribution in [0.4, 0.5) is 5.69 Å². The number of thioether (sulfide) groups is 1. The highest BCUT2D eigenvalue weighted by atomic mass is 32.2. The number of carbonyl (C=O) groups is 1. The summed E-state index contributed by atoms with van der Waals surface area (Å²) in [5, 5.41) is 2.52. The van der Waals surface area contributed by atoms with Gasteiger partial charge in [-0.05, 0) is 69.3 Å². The van der Waals surface area contributed by atoms with Gasteiger partial charge in [0.05, 0.1) is 23.9 Å². The molecule has 0 saturated carbocycles. The molecule has 9 heteroatoms. The molecule has 7 nitrogen and oxygen atoms in total. The van der Waals surface area contributed by atoms with Crippen molar-refractivity contribution in [3.63, 3.8) is 0 Å². The molecular weight excluding hydrogens is 424 g/mol. The van der Waals surface area contributed by atoms with Crippen molar-refractivity contribution in [3.8, 4) is 11.5 Å². The van der Waals surface area contributed by atoms with Gasteiger partial charge in [-0.2, -0.15) is 0 Å². The standard InChI is InChI=1S/C21H28N2O5S2/c1-15(2)23-30(25,26)20-11-5-17(6-12-20)22-21(24)16(3)29-14-13-28-19-9-7-18(27-4)8-10-19/h5-12,15-16,23H,13-14H2,1-4H3,(H,22,24). The predicted molar refractivity (Wildman–Crippen MR) is 121 cm³/mol. The Morgan fingerprint density at radius 3 is 2.17 bits per heavy atom. The summed E-state index contributed by atoms with van der Waals surface area (Å²) in [7, 11) is -1.94. The summed E-state index contributed by atoms with van der Waals surface area (Å²) in [5.41, 5.74) is 0.547. The van der Waals surface area contributed by atoms with Gasteiger partial charge in [-0.1, -0.05) is 0 Å². The van der Waals surface area contributed by atoms with E-state index in [0.717, 1.165) is 11.5 Å². The summed E-state index contributed by atoms with van der Waals surface area (Å²) < 4.78 is 37.6. The lowest BCUT2D eigenvalue weighted by molar-refractivity contribution is -0.115. The van der Waals surface area contributed by atoms with E-state index in [-0.39, 0.29) is 22.1 Å². The Balaban J connectivity index is 1.78. The van der Waals surface area contributed by atoms with Crippen LogP contribution in [0.1, 0.15) is 20.8 Å². The Bertz CT molecular complexity index is 913. The van der Waals surface area contributed by atoms with E-state index in [1.165, 1.54) is 23.9 Å². The molecule has 1 unspecified atom stereocenters. The third-order valence-electron chi connectivity index (χ3n) is 3.97. The fraction of sp³-hybridized carbons (Fsp3) is 0.381. The van der Waals surface area contributed by atoms with Gasteiger partial charge in [0.1, 0.15) is 11.5 Å². The van der Waals surface area contributed by atoms with Crippen LogP contribution in [0.3, 0.4) is 0 Å². The molecule has 1 atom stereocenters. The average molecular weight is 453 g/mol. The minimum Gasteiger partial charge on any atom is -0.497 e. The molecule has 0 aliphatic rings. The molecule has 2 rings (SSSR count). The van der Waals surface area contributed by atoms with Gasteiger partial charge in [-0.25, -0.2) is 13.1 Å². The summed E-state index contributed by atoms with van der Waals surface area (Å²) in [5.74, 6) is 2.01. The number of sulfonamides is 1. The topological polar surface area (TPSA) is 93.7 Å². The zero-order valence-electron chi connectivity index (χ0n) is 17.5. The molecule has 30 heavy (non-hydrogen) atoms. The largest absolute Gasteiger partial charge is 0.497 e. The van der Waals surface area contributed by atoms with Gasteiger partial charge in [0.15, 0.2) is 0 Å². The van der Waals surface area contributed by atoms with Crippen molar-refractivity contribution in [2.75, 3.05) is 24.8 Å². The van der Waals surface area contributed by atoms with Crippen LogP contribution in [-0.2, 0) is 14.8 Å². The molecule has 0 spiro atoms. The number of nitrogens with one attached hydrogen (secondary N) is 2. The van der Waals surface area contributed by atoms with Crippen molar-refractivity contribution in [2.24, 2.45) is 0 Å². The van der Waals surface area contributed by atoms with Crippen LogP contribution in [0, 0.1) is 0 Å². The summed E-state index contributed by atoms with van der Waals surface area (Å²) in [6.07, 6.45) is 0. The van der Waals surface area contributed by atoms with E-state index in [1.807, 2.05) is 31.2 Å². The second-order valence-electron chi connectivity index (χ2n) is 6.83. The third-order valence-corrected chi connectivity index (χ3v) is 6.76. The zero-order valence-corrected chi connectivity index (χ0v) is 19.2. The lowest BCUT2D eigenvalue weighted by atomic mass is 10.3. The number of benzene rings is 2. The number of rotatable bonds is 11. The number of hydrogen-bond donors (Lipinski definition) is 2. The molecule has 0 heterocycles. The fourth-order valence-corrected chi connectivity index (χ4v) is 4.47. The van der Waals surface area contributed by atoms with E-state index in [2.05, 4.69) is 10.0 Å². The Morgan fingerprint density at radius 1 is 1.00 bits per heavy atom. The molecule has 164 valence electrons. The third kappa shape index (κ3) is 7.55. The maximum Gasteiger partial charge on any atom is 0.240 e. The van der Waals surface area contributed by atoms with Crippen molar-refractivity contribution in [1.29, 1.82) is 0 Å². The highest BCUT2D eigenvalue weighted by Gasteiger charge is 2.16. The van der Waals surface area contributed by atoms with Crippen molar-refractivity contribution < 1.29 is 22.7 Å². The first-order valence-electron chi connectivity index (χ1n) is 9.53. The van der Waals surface area contributed by atoms with Crippen LogP contribution < -0.4 is 19.5 Å². The molecule has 1 amide bonds. The smallest absolute Gasteiger partial charge is 0.240 e. The first-order chi connectivity index (χ1) is 14.2. The zero-order chi connectivity index (χ0) is 22.1. The molecule has 0 bridgehead atoms. The quantitative estimate of drug-likeness (QED) is 0.507. The summed E-state index contributed by atoms with van der Waals surface area (Å²) in [6, 6.07) is 13.2. The molecule has 2 aromatic carbocycles. The van der Waals surface area contributed by atoms with Crippen LogP contribution in [0.15, 0.2) is 53.4 Å². The first-order valence-corrected chi connectivity index (χ1v) is 12.1. The minimum absolute atomic E-state index is 0.152. The minimum atomic E-state index is -3.55. The number of hydrogen-bond acceptors (Lipinski definition) is 6. The molecule has 2 aromatic rings. The fourth-order valence-electron chi connectivity index (χ4n) is 2.47. The average Bonchev–Trinajstić information content (AvgIpc) is 2.71. The van der Waals surface area contributed by atoms with E-state index in [4.69, 9.17) is 9.47 Å². The molecular formula is C21H28N2O5S2. The molecule has 2 N–H and O–H groups in total. The lowest BCUT2D eigenvalue weighted by Gasteiger charge is -2.13. The van der Waals surface area contributed by atoms with Gasteiger partial charge in [-0.3, -0.25) is 4.79 Å². The normalized spacial score (nSPS) is 12.4. The number of amides is 1.